The fraction of sp³-hybridized carbons (Fsp3) is 0.458. The summed E-state index contributed by atoms with van der Waals surface area (Å²) in [5, 5.41) is 3.29. The zero-order chi connectivity index (χ0) is 23.4. The number of carbonyl (C=O) groups excluding carboxylic acids is 1. The predicted molar refractivity (Wildman–Crippen MR) is 135 cm³/mol. The molecule has 2 aliphatic heterocycles. The molecule has 0 radical (unpaired) electrons. The number of hydrogen-bond donors (Lipinski definition) is 1. The van der Waals surface area contributed by atoms with Crippen molar-refractivity contribution in [2.24, 2.45) is 0 Å². The standard InChI is InChI=1S/C24H30N2O4S3/c1-30-19-5-9-21(10-6-19)32-22-13-23(24(27)25-18-11-12-33(28,29)16-18)26(15-22)14-17-3-7-20(31-2)8-4-17/h3-10,18,22-23H,11-16H2,1-2H3,(H,25,27)/t18-,22-,23+/m1/s1. The van der Waals surface area contributed by atoms with E-state index in [0.29, 0.717) is 13.0 Å². The van der Waals surface area contributed by atoms with Crippen LogP contribution in [0.15, 0.2) is 58.3 Å². The summed E-state index contributed by atoms with van der Waals surface area (Å²) in [6.07, 6.45) is 3.28. The first kappa shape index (κ1) is 24.4. The lowest BCUT2D eigenvalue weighted by Gasteiger charge is -2.25. The molecule has 3 atom stereocenters. The van der Waals surface area contributed by atoms with E-state index >= 15 is 0 Å². The number of nitrogens with zero attached hydrogens (tertiary/aromatic N) is 1. The van der Waals surface area contributed by atoms with E-state index in [4.69, 9.17) is 4.74 Å². The second kappa shape index (κ2) is 10.7. The quantitative estimate of drug-likeness (QED) is 0.550. The van der Waals surface area contributed by atoms with Gasteiger partial charge in [-0.15, -0.1) is 23.5 Å². The minimum Gasteiger partial charge on any atom is -0.497 e. The van der Waals surface area contributed by atoms with Gasteiger partial charge in [0.15, 0.2) is 9.84 Å². The highest BCUT2D eigenvalue weighted by Crippen LogP contribution is 2.35. The predicted octanol–water partition coefficient (Wildman–Crippen LogP) is 3.46. The van der Waals surface area contributed by atoms with Gasteiger partial charge in [0, 0.05) is 34.2 Å². The number of carbonyl (C=O) groups is 1. The van der Waals surface area contributed by atoms with E-state index in [1.165, 1.54) is 10.5 Å². The molecule has 2 aliphatic rings. The third-order valence-electron chi connectivity index (χ3n) is 6.15. The Labute approximate surface area is 204 Å². The minimum atomic E-state index is -3.04. The van der Waals surface area contributed by atoms with Crippen molar-refractivity contribution in [1.82, 2.24) is 10.2 Å². The maximum Gasteiger partial charge on any atom is 0.237 e. The van der Waals surface area contributed by atoms with Crippen LogP contribution in [0.25, 0.3) is 0 Å². The lowest BCUT2D eigenvalue weighted by molar-refractivity contribution is -0.126. The summed E-state index contributed by atoms with van der Waals surface area (Å²) in [7, 11) is -1.38. The van der Waals surface area contributed by atoms with Crippen LogP contribution >= 0.6 is 23.5 Å². The van der Waals surface area contributed by atoms with Gasteiger partial charge in [0.1, 0.15) is 5.75 Å². The van der Waals surface area contributed by atoms with E-state index in [9.17, 15) is 13.2 Å². The SMILES string of the molecule is COc1ccc(S[C@@H]2C[C@@H](C(=O)N[C@@H]3CCS(=O)(=O)C3)N(Cc3ccc(SC)cc3)C2)cc1. The van der Waals surface area contributed by atoms with Crippen LogP contribution in [-0.2, 0) is 21.2 Å². The Morgan fingerprint density at radius 2 is 1.82 bits per heavy atom. The number of sulfone groups is 1. The molecule has 0 saturated carbocycles. The fourth-order valence-corrected chi connectivity index (χ4v) is 7.72. The van der Waals surface area contributed by atoms with Crippen molar-refractivity contribution in [1.29, 1.82) is 0 Å². The number of amides is 1. The van der Waals surface area contributed by atoms with E-state index in [2.05, 4.69) is 40.7 Å². The molecule has 0 bridgehead atoms. The summed E-state index contributed by atoms with van der Waals surface area (Å²) in [5.41, 5.74) is 1.17. The van der Waals surface area contributed by atoms with Crippen LogP contribution in [0, 0.1) is 0 Å². The van der Waals surface area contributed by atoms with Crippen LogP contribution in [0.5, 0.6) is 5.75 Å². The highest BCUT2D eigenvalue weighted by molar-refractivity contribution is 8.00. The van der Waals surface area contributed by atoms with Gasteiger partial charge in [-0.05, 0) is 61.1 Å². The molecule has 33 heavy (non-hydrogen) atoms. The van der Waals surface area contributed by atoms with E-state index in [1.807, 2.05) is 24.3 Å². The first-order chi connectivity index (χ1) is 15.8. The Bertz CT molecular complexity index is 1060. The number of likely N-dealkylation sites (tertiary alicyclic amines) is 1. The van der Waals surface area contributed by atoms with E-state index in [1.54, 1.807) is 30.6 Å². The number of thioether (sulfide) groups is 2. The van der Waals surface area contributed by atoms with Crippen molar-refractivity contribution < 1.29 is 17.9 Å². The van der Waals surface area contributed by atoms with Gasteiger partial charge in [-0.25, -0.2) is 8.42 Å². The molecule has 0 aliphatic carbocycles. The topological polar surface area (TPSA) is 75.7 Å². The molecule has 1 N–H and O–H groups in total. The molecule has 9 heteroatoms. The summed E-state index contributed by atoms with van der Waals surface area (Å²) in [6, 6.07) is 15.9. The van der Waals surface area contributed by atoms with Crippen LogP contribution in [0.3, 0.4) is 0 Å². The maximum absolute atomic E-state index is 13.2. The first-order valence-electron chi connectivity index (χ1n) is 11.0. The Morgan fingerprint density at radius 1 is 1.12 bits per heavy atom. The van der Waals surface area contributed by atoms with E-state index in [0.717, 1.165) is 23.6 Å². The van der Waals surface area contributed by atoms with Crippen LogP contribution in [-0.4, -0.2) is 68.0 Å². The smallest absolute Gasteiger partial charge is 0.237 e. The third kappa shape index (κ3) is 6.47. The van der Waals surface area contributed by atoms with Crippen LogP contribution in [0.1, 0.15) is 18.4 Å². The summed E-state index contributed by atoms with van der Waals surface area (Å²) >= 11 is 3.49. The van der Waals surface area contributed by atoms with Crippen molar-refractivity contribution >= 4 is 39.3 Å². The molecule has 2 saturated heterocycles. The molecule has 2 fully saturated rings. The van der Waals surface area contributed by atoms with Crippen molar-refractivity contribution in [3.63, 3.8) is 0 Å². The van der Waals surface area contributed by atoms with Crippen LogP contribution < -0.4 is 10.1 Å². The Hall–Kier alpha value is -1.68. The molecule has 178 valence electrons. The normalized spacial score (nSPS) is 24.6. The van der Waals surface area contributed by atoms with Gasteiger partial charge in [0.2, 0.25) is 5.91 Å². The van der Waals surface area contributed by atoms with Gasteiger partial charge in [-0.3, -0.25) is 9.69 Å². The molecular formula is C24H30N2O4S3. The first-order valence-corrected chi connectivity index (χ1v) is 15.0. The number of hydrogen-bond acceptors (Lipinski definition) is 7. The average molecular weight is 507 g/mol. The number of ether oxygens (including phenoxy) is 1. The van der Waals surface area contributed by atoms with Gasteiger partial charge in [0.05, 0.1) is 24.7 Å². The largest absolute Gasteiger partial charge is 0.497 e. The minimum absolute atomic E-state index is 0.0473. The van der Waals surface area contributed by atoms with Gasteiger partial charge in [-0.2, -0.15) is 0 Å². The van der Waals surface area contributed by atoms with Crippen molar-refractivity contribution in [2.75, 3.05) is 31.4 Å². The van der Waals surface area contributed by atoms with Crippen molar-refractivity contribution in [3.05, 3.63) is 54.1 Å². The molecule has 0 unspecified atom stereocenters. The lowest BCUT2D eigenvalue weighted by Crippen LogP contribution is -2.47. The molecule has 6 nitrogen and oxygen atoms in total. The summed E-state index contributed by atoms with van der Waals surface area (Å²) in [6.45, 7) is 1.48. The van der Waals surface area contributed by atoms with Crippen LogP contribution in [0.4, 0.5) is 0 Å². The zero-order valence-electron chi connectivity index (χ0n) is 18.9. The summed E-state index contributed by atoms with van der Waals surface area (Å²) < 4.78 is 28.9. The number of rotatable bonds is 8. The Morgan fingerprint density at radius 3 is 2.42 bits per heavy atom. The Balaban J connectivity index is 1.46. The summed E-state index contributed by atoms with van der Waals surface area (Å²) in [5.74, 6) is 0.968. The van der Waals surface area contributed by atoms with E-state index in [-0.39, 0.29) is 34.7 Å². The number of nitrogens with one attached hydrogen (secondary N) is 1. The molecule has 2 aromatic carbocycles. The van der Waals surface area contributed by atoms with Crippen LogP contribution in [0.2, 0.25) is 0 Å². The molecule has 1 amide bonds. The van der Waals surface area contributed by atoms with Crippen molar-refractivity contribution in [2.45, 2.75) is 46.5 Å². The van der Waals surface area contributed by atoms with Gasteiger partial charge >= 0.3 is 0 Å². The fourth-order valence-electron chi connectivity index (χ4n) is 4.41. The highest BCUT2D eigenvalue weighted by Gasteiger charge is 2.39. The second-order valence-electron chi connectivity index (χ2n) is 8.55. The number of benzene rings is 2. The molecule has 0 spiro atoms. The Kier molecular flexibility index (Phi) is 7.94. The molecule has 0 aromatic heterocycles. The second-order valence-corrected chi connectivity index (χ2v) is 13.0. The van der Waals surface area contributed by atoms with Gasteiger partial charge in [0.25, 0.3) is 0 Å². The molecule has 2 aromatic rings. The molecule has 2 heterocycles. The monoisotopic (exact) mass is 506 g/mol. The number of methoxy groups -OCH3 is 1. The van der Waals surface area contributed by atoms with Crippen molar-refractivity contribution in [3.8, 4) is 5.75 Å². The lowest BCUT2D eigenvalue weighted by atomic mass is 10.1. The highest BCUT2D eigenvalue weighted by atomic mass is 32.2. The third-order valence-corrected chi connectivity index (χ3v) is 9.88. The molecule has 4 rings (SSSR count). The zero-order valence-corrected chi connectivity index (χ0v) is 21.3. The van der Waals surface area contributed by atoms with E-state index < -0.39 is 9.84 Å². The van der Waals surface area contributed by atoms with Gasteiger partial charge < -0.3 is 10.1 Å². The average Bonchev–Trinajstić information content (AvgIpc) is 3.36. The summed E-state index contributed by atoms with van der Waals surface area (Å²) in [4.78, 5) is 17.8. The molecular weight excluding hydrogens is 476 g/mol. The maximum atomic E-state index is 13.2. The van der Waals surface area contributed by atoms with Gasteiger partial charge in [-0.1, -0.05) is 12.1 Å².